The van der Waals surface area contributed by atoms with E-state index in [2.05, 4.69) is 0 Å². The Balaban J connectivity index is 1.74. The van der Waals surface area contributed by atoms with Crippen LogP contribution in [0.25, 0.3) is 0 Å². The summed E-state index contributed by atoms with van der Waals surface area (Å²) in [6, 6.07) is 5.44. The monoisotopic (exact) mass is 336 g/mol. The Morgan fingerprint density at radius 2 is 2.13 bits per heavy atom. The summed E-state index contributed by atoms with van der Waals surface area (Å²) in [5, 5.41) is 10.3. The van der Waals surface area contributed by atoms with Gasteiger partial charge < -0.3 is 14.9 Å². The summed E-state index contributed by atoms with van der Waals surface area (Å²) in [5.74, 6) is -0.420. The van der Waals surface area contributed by atoms with Crippen molar-refractivity contribution >= 4 is 29.1 Å². The van der Waals surface area contributed by atoms with Crippen molar-refractivity contribution in [3.8, 4) is 0 Å². The highest BCUT2D eigenvalue weighted by atomic mass is 35.5. The molecular weight excluding hydrogens is 316 g/mol. The second kappa shape index (κ2) is 6.49. The van der Waals surface area contributed by atoms with E-state index in [1.807, 2.05) is 13.0 Å². The van der Waals surface area contributed by atoms with E-state index in [-0.39, 0.29) is 24.2 Å². The van der Waals surface area contributed by atoms with Gasteiger partial charge in [0.1, 0.15) is 0 Å². The van der Waals surface area contributed by atoms with E-state index >= 15 is 0 Å². The Labute approximate surface area is 140 Å². The van der Waals surface area contributed by atoms with Crippen LogP contribution in [0.2, 0.25) is 5.02 Å². The summed E-state index contributed by atoms with van der Waals surface area (Å²) < 4.78 is 0. The molecular formula is C17H21ClN2O3. The number of hydrogen-bond donors (Lipinski definition) is 1. The van der Waals surface area contributed by atoms with Crippen LogP contribution >= 0.6 is 11.6 Å². The van der Waals surface area contributed by atoms with E-state index in [0.29, 0.717) is 24.7 Å². The van der Waals surface area contributed by atoms with Crippen LogP contribution < -0.4 is 4.90 Å². The van der Waals surface area contributed by atoms with E-state index < -0.39 is 6.10 Å². The summed E-state index contributed by atoms with van der Waals surface area (Å²) >= 11 is 6.04. The quantitative estimate of drug-likeness (QED) is 0.898. The Hall–Kier alpha value is -1.59. The summed E-state index contributed by atoms with van der Waals surface area (Å²) in [5.41, 5.74) is 1.74. The molecule has 0 saturated carbocycles. The summed E-state index contributed by atoms with van der Waals surface area (Å²) in [7, 11) is 0. The summed E-state index contributed by atoms with van der Waals surface area (Å²) in [6.07, 6.45) is 1.32. The third-order valence-electron chi connectivity index (χ3n) is 4.64. The van der Waals surface area contributed by atoms with Crippen molar-refractivity contribution in [2.45, 2.75) is 32.3 Å². The molecule has 0 radical (unpaired) electrons. The van der Waals surface area contributed by atoms with Crippen LogP contribution in [0.4, 0.5) is 5.69 Å². The Morgan fingerprint density at radius 1 is 1.35 bits per heavy atom. The second-order valence-corrected chi connectivity index (χ2v) is 6.85. The molecule has 2 aliphatic rings. The van der Waals surface area contributed by atoms with Crippen molar-refractivity contribution in [2.24, 2.45) is 5.92 Å². The lowest BCUT2D eigenvalue weighted by atomic mass is 10.0. The SMILES string of the molecule is Cc1ccc(Cl)cc1N1CC(C(=O)N2CCCC(O)C2)CC1=O. The van der Waals surface area contributed by atoms with Crippen LogP contribution in [-0.4, -0.2) is 47.6 Å². The first kappa shape index (κ1) is 16.3. The highest BCUT2D eigenvalue weighted by Gasteiger charge is 2.38. The molecule has 2 unspecified atom stereocenters. The molecule has 1 N–H and O–H groups in total. The first-order valence-electron chi connectivity index (χ1n) is 7.99. The largest absolute Gasteiger partial charge is 0.391 e. The van der Waals surface area contributed by atoms with Crippen LogP contribution in [0, 0.1) is 12.8 Å². The number of rotatable bonds is 2. The predicted octanol–water partition coefficient (Wildman–Crippen LogP) is 1.98. The minimum atomic E-state index is -0.448. The van der Waals surface area contributed by atoms with Gasteiger partial charge in [0.25, 0.3) is 0 Å². The summed E-state index contributed by atoms with van der Waals surface area (Å²) in [4.78, 5) is 28.3. The Morgan fingerprint density at radius 3 is 2.87 bits per heavy atom. The zero-order valence-electron chi connectivity index (χ0n) is 13.2. The average molecular weight is 337 g/mol. The van der Waals surface area contributed by atoms with Gasteiger partial charge in [0.05, 0.1) is 12.0 Å². The molecule has 0 aromatic heterocycles. The van der Waals surface area contributed by atoms with E-state index in [9.17, 15) is 14.7 Å². The number of aliphatic hydroxyl groups is 1. The third-order valence-corrected chi connectivity index (χ3v) is 4.88. The smallest absolute Gasteiger partial charge is 0.228 e. The van der Waals surface area contributed by atoms with Crippen molar-refractivity contribution in [2.75, 3.05) is 24.5 Å². The lowest BCUT2D eigenvalue weighted by molar-refractivity contribution is -0.138. The zero-order chi connectivity index (χ0) is 16.6. The molecule has 2 aliphatic heterocycles. The molecule has 2 saturated heterocycles. The highest BCUT2D eigenvalue weighted by molar-refractivity contribution is 6.31. The predicted molar refractivity (Wildman–Crippen MR) is 88.5 cm³/mol. The van der Waals surface area contributed by atoms with Gasteiger partial charge in [-0.25, -0.2) is 0 Å². The van der Waals surface area contributed by atoms with Gasteiger partial charge in [-0.2, -0.15) is 0 Å². The number of anilines is 1. The Bertz CT molecular complexity index is 634. The van der Waals surface area contributed by atoms with Gasteiger partial charge in [0.15, 0.2) is 0 Å². The normalized spacial score (nSPS) is 25.1. The highest BCUT2D eigenvalue weighted by Crippen LogP contribution is 2.31. The van der Waals surface area contributed by atoms with Gasteiger partial charge in [-0.05, 0) is 37.5 Å². The lowest BCUT2D eigenvalue weighted by Gasteiger charge is -2.32. The van der Waals surface area contributed by atoms with Crippen LogP contribution in [0.3, 0.4) is 0 Å². The van der Waals surface area contributed by atoms with Crippen molar-refractivity contribution in [3.63, 3.8) is 0 Å². The number of aryl methyl sites for hydroxylation is 1. The van der Waals surface area contributed by atoms with Gasteiger partial charge in [0, 0.05) is 36.8 Å². The molecule has 0 aliphatic carbocycles. The number of nitrogens with zero attached hydrogens (tertiary/aromatic N) is 2. The molecule has 3 rings (SSSR count). The number of halogens is 1. The molecule has 0 bridgehead atoms. The molecule has 1 aromatic rings. The fourth-order valence-electron chi connectivity index (χ4n) is 3.39. The van der Waals surface area contributed by atoms with E-state index in [1.165, 1.54) is 0 Å². The first-order valence-corrected chi connectivity index (χ1v) is 8.37. The number of benzene rings is 1. The topological polar surface area (TPSA) is 60.9 Å². The fraction of sp³-hybridized carbons (Fsp3) is 0.529. The minimum absolute atomic E-state index is 0.0284. The van der Waals surface area contributed by atoms with E-state index in [0.717, 1.165) is 24.1 Å². The van der Waals surface area contributed by atoms with E-state index in [4.69, 9.17) is 11.6 Å². The van der Waals surface area contributed by atoms with Gasteiger partial charge >= 0.3 is 0 Å². The van der Waals surface area contributed by atoms with E-state index in [1.54, 1.807) is 21.9 Å². The lowest BCUT2D eigenvalue weighted by Crippen LogP contribution is -2.45. The minimum Gasteiger partial charge on any atom is -0.391 e. The number of carbonyl (C=O) groups excluding carboxylic acids is 2. The molecule has 23 heavy (non-hydrogen) atoms. The maximum atomic E-state index is 12.6. The van der Waals surface area contributed by atoms with Crippen molar-refractivity contribution < 1.29 is 14.7 Å². The van der Waals surface area contributed by atoms with Crippen LogP contribution in [0.1, 0.15) is 24.8 Å². The van der Waals surface area contributed by atoms with Gasteiger partial charge in [-0.15, -0.1) is 0 Å². The molecule has 1 aromatic carbocycles. The molecule has 2 fully saturated rings. The molecule has 2 heterocycles. The number of likely N-dealkylation sites (tertiary alicyclic amines) is 1. The molecule has 6 heteroatoms. The number of amides is 2. The molecule has 5 nitrogen and oxygen atoms in total. The second-order valence-electron chi connectivity index (χ2n) is 6.42. The van der Waals surface area contributed by atoms with Crippen molar-refractivity contribution in [1.29, 1.82) is 0 Å². The average Bonchev–Trinajstić information content (AvgIpc) is 2.90. The third kappa shape index (κ3) is 3.35. The first-order chi connectivity index (χ1) is 11.0. The molecule has 0 spiro atoms. The Kier molecular flexibility index (Phi) is 4.60. The van der Waals surface area contributed by atoms with Crippen LogP contribution in [0.15, 0.2) is 18.2 Å². The van der Waals surface area contributed by atoms with Gasteiger partial charge in [-0.1, -0.05) is 17.7 Å². The van der Waals surface area contributed by atoms with Crippen molar-refractivity contribution in [1.82, 2.24) is 4.90 Å². The molecule has 2 atom stereocenters. The molecule has 2 amide bonds. The van der Waals surface area contributed by atoms with Crippen molar-refractivity contribution in [3.05, 3.63) is 28.8 Å². The number of β-amino-alcohol motifs (C(OH)–C–C–N with tert-alkyl or cyclic N) is 1. The number of hydrogen-bond acceptors (Lipinski definition) is 3. The maximum Gasteiger partial charge on any atom is 0.228 e. The van der Waals surface area contributed by atoms with Gasteiger partial charge in [-0.3, -0.25) is 9.59 Å². The standard InChI is InChI=1S/C17H21ClN2O3/c1-11-4-5-13(18)8-15(11)20-9-12(7-16(20)22)17(23)19-6-2-3-14(21)10-19/h4-5,8,12,14,21H,2-3,6-7,9-10H2,1H3. The number of aliphatic hydroxyl groups excluding tert-OH is 1. The molecule has 124 valence electrons. The van der Waals surface area contributed by atoms with Crippen LogP contribution in [0.5, 0.6) is 0 Å². The number of carbonyl (C=O) groups is 2. The maximum absolute atomic E-state index is 12.6. The number of piperidine rings is 1. The van der Waals surface area contributed by atoms with Gasteiger partial charge in [0.2, 0.25) is 11.8 Å². The fourth-order valence-corrected chi connectivity index (χ4v) is 3.56. The van der Waals surface area contributed by atoms with Crippen LogP contribution in [-0.2, 0) is 9.59 Å². The summed E-state index contributed by atoms with van der Waals surface area (Å²) in [6.45, 7) is 3.34. The zero-order valence-corrected chi connectivity index (χ0v) is 13.9.